The van der Waals surface area contributed by atoms with Crippen LogP contribution in [-0.2, 0) is 6.54 Å². The lowest BCUT2D eigenvalue weighted by atomic mass is 9.81. The van der Waals surface area contributed by atoms with E-state index in [1.165, 1.54) is 24.1 Å². The van der Waals surface area contributed by atoms with Gasteiger partial charge in [-0.05, 0) is 54.2 Å². The largest absolute Gasteiger partial charge is 0.298 e. The molecule has 0 aromatic heterocycles. The van der Waals surface area contributed by atoms with Gasteiger partial charge in [0.2, 0.25) is 0 Å². The summed E-state index contributed by atoms with van der Waals surface area (Å²) >= 11 is 0. The Bertz CT molecular complexity index is 799. The molecule has 2 atom stereocenters. The van der Waals surface area contributed by atoms with Crippen LogP contribution in [0.5, 0.6) is 0 Å². The van der Waals surface area contributed by atoms with Crippen LogP contribution in [0, 0.1) is 5.82 Å². The van der Waals surface area contributed by atoms with Gasteiger partial charge in [-0.1, -0.05) is 42.8 Å². The highest BCUT2D eigenvalue weighted by molar-refractivity contribution is 5.86. The predicted molar refractivity (Wildman–Crippen MR) is 97.8 cm³/mol. The van der Waals surface area contributed by atoms with Crippen molar-refractivity contribution < 1.29 is 9.18 Å². The van der Waals surface area contributed by atoms with Crippen LogP contribution in [0.2, 0.25) is 0 Å². The molecule has 0 aliphatic carbocycles. The molecule has 2 aromatic carbocycles. The molecular weight excluding hydrogens is 313 g/mol. The van der Waals surface area contributed by atoms with Crippen molar-refractivity contribution in [3.8, 4) is 0 Å². The highest BCUT2D eigenvalue weighted by Crippen LogP contribution is 2.38. The van der Waals surface area contributed by atoms with Crippen molar-refractivity contribution in [2.45, 2.75) is 44.3 Å². The molecular formula is C22H22FNO. The average Bonchev–Trinajstić information content (AvgIpc) is 2.62. The Balaban J connectivity index is 1.65. The molecule has 1 fully saturated rings. The first-order valence-corrected chi connectivity index (χ1v) is 9.00. The van der Waals surface area contributed by atoms with Crippen molar-refractivity contribution in [2.24, 2.45) is 0 Å². The third-order valence-corrected chi connectivity index (χ3v) is 5.48. The summed E-state index contributed by atoms with van der Waals surface area (Å²) in [5.41, 5.74) is 3.81. The molecule has 4 rings (SSSR count). The van der Waals surface area contributed by atoms with Crippen molar-refractivity contribution in [1.29, 1.82) is 0 Å². The Hall–Kier alpha value is -2.26. The molecule has 2 nitrogen and oxygen atoms in total. The van der Waals surface area contributed by atoms with Gasteiger partial charge in [0.05, 0.1) is 0 Å². The monoisotopic (exact) mass is 335 g/mol. The minimum Gasteiger partial charge on any atom is -0.298 e. The lowest BCUT2D eigenvalue weighted by molar-refractivity contribution is 0.0950. The van der Waals surface area contributed by atoms with Crippen molar-refractivity contribution in [2.75, 3.05) is 0 Å². The van der Waals surface area contributed by atoms with Gasteiger partial charge in [0, 0.05) is 24.2 Å². The lowest BCUT2D eigenvalue weighted by Crippen LogP contribution is -2.47. The normalized spacial score (nSPS) is 23.2. The predicted octanol–water partition coefficient (Wildman–Crippen LogP) is 4.85. The summed E-state index contributed by atoms with van der Waals surface area (Å²) in [5, 5.41) is 0. The number of halogens is 1. The summed E-state index contributed by atoms with van der Waals surface area (Å²) in [6, 6.07) is 15.8. The Morgan fingerprint density at radius 2 is 1.96 bits per heavy atom. The van der Waals surface area contributed by atoms with Crippen LogP contribution < -0.4 is 0 Å². The second-order valence-corrected chi connectivity index (χ2v) is 7.06. The Morgan fingerprint density at radius 3 is 2.72 bits per heavy atom. The van der Waals surface area contributed by atoms with Crippen LogP contribution in [0.3, 0.4) is 0 Å². The number of hydrogen-bond donors (Lipinski definition) is 0. The van der Waals surface area contributed by atoms with Crippen LogP contribution in [0.1, 0.15) is 47.2 Å². The summed E-state index contributed by atoms with van der Waals surface area (Å²) in [7, 11) is 0. The van der Waals surface area contributed by atoms with Gasteiger partial charge in [0.1, 0.15) is 5.82 Å². The number of hydrogen-bond acceptors (Lipinski definition) is 2. The van der Waals surface area contributed by atoms with Crippen molar-refractivity contribution in [1.82, 2.24) is 4.90 Å². The van der Waals surface area contributed by atoms with Crippen LogP contribution in [-0.4, -0.2) is 23.3 Å². The zero-order valence-electron chi connectivity index (χ0n) is 14.2. The van der Waals surface area contributed by atoms with E-state index in [1.54, 1.807) is 6.07 Å². The van der Waals surface area contributed by atoms with Gasteiger partial charge >= 0.3 is 0 Å². The van der Waals surface area contributed by atoms with Gasteiger partial charge in [-0.3, -0.25) is 9.69 Å². The van der Waals surface area contributed by atoms with E-state index in [4.69, 9.17) is 0 Å². The van der Waals surface area contributed by atoms with Gasteiger partial charge in [-0.25, -0.2) is 4.39 Å². The molecule has 25 heavy (non-hydrogen) atoms. The molecule has 0 saturated carbocycles. The highest BCUT2D eigenvalue weighted by atomic mass is 19.1. The lowest BCUT2D eigenvalue weighted by Gasteiger charge is -2.45. The third-order valence-electron chi connectivity index (χ3n) is 5.48. The minimum absolute atomic E-state index is 0.279. The number of carbonyl (C=O) groups is 1. The second-order valence-electron chi connectivity index (χ2n) is 7.06. The van der Waals surface area contributed by atoms with E-state index in [2.05, 4.69) is 35.2 Å². The number of fused-ring (bicyclic) bond motifs is 2. The van der Waals surface area contributed by atoms with Crippen LogP contribution in [0.25, 0.3) is 5.57 Å². The zero-order chi connectivity index (χ0) is 17.2. The minimum atomic E-state index is -0.279. The fourth-order valence-electron chi connectivity index (χ4n) is 4.27. The second kappa shape index (κ2) is 6.93. The van der Waals surface area contributed by atoms with Crippen molar-refractivity contribution in [3.05, 3.63) is 77.1 Å². The van der Waals surface area contributed by atoms with Crippen molar-refractivity contribution >= 4 is 11.9 Å². The van der Waals surface area contributed by atoms with E-state index in [-0.39, 0.29) is 5.82 Å². The van der Waals surface area contributed by atoms with E-state index >= 15 is 0 Å². The molecule has 2 aromatic rings. The number of aldehydes is 1. The Morgan fingerprint density at radius 1 is 1.12 bits per heavy atom. The molecule has 0 amide bonds. The number of nitrogens with zero attached hydrogens (tertiary/aromatic N) is 1. The number of piperidine rings is 1. The number of rotatable bonds is 4. The summed E-state index contributed by atoms with van der Waals surface area (Å²) in [5.74, 6) is -0.279. The summed E-state index contributed by atoms with van der Waals surface area (Å²) < 4.78 is 13.7. The van der Waals surface area contributed by atoms with Crippen molar-refractivity contribution in [3.63, 3.8) is 0 Å². The van der Waals surface area contributed by atoms with Gasteiger partial charge in [-0.2, -0.15) is 0 Å². The number of benzene rings is 2. The van der Waals surface area contributed by atoms with Gasteiger partial charge in [-0.15, -0.1) is 0 Å². The van der Waals surface area contributed by atoms with Gasteiger partial charge < -0.3 is 0 Å². The highest BCUT2D eigenvalue weighted by Gasteiger charge is 2.34. The number of carbonyl (C=O) groups excluding carboxylic acids is 1. The maximum absolute atomic E-state index is 13.7. The summed E-state index contributed by atoms with van der Waals surface area (Å²) in [4.78, 5) is 13.9. The van der Waals surface area contributed by atoms with Crippen LogP contribution in [0.4, 0.5) is 4.39 Å². The molecule has 2 bridgehead atoms. The molecule has 0 spiro atoms. The molecule has 2 aliphatic heterocycles. The standard InChI is InChI=1S/C22H22FNO/c23-19-10-9-17(15-25)22(13-19)18-11-20-7-4-8-21(12-18)24(20)14-16-5-2-1-3-6-16/h1-3,5-6,9-11,13,15,20-21H,4,7-8,12,14H2. The van der Waals surface area contributed by atoms with Crippen LogP contribution in [0.15, 0.2) is 54.6 Å². The first-order chi connectivity index (χ1) is 12.2. The first kappa shape index (κ1) is 16.2. The molecule has 2 unspecified atom stereocenters. The molecule has 2 heterocycles. The maximum atomic E-state index is 13.7. The third kappa shape index (κ3) is 3.29. The van der Waals surface area contributed by atoms with Gasteiger partial charge in [0.15, 0.2) is 6.29 Å². The van der Waals surface area contributed by atoms with Crippen LogP contribution >= 0.6 is 0 Å². The maximum Gasteiger partial charge on any atom is 0.150 e. The van der Waals surface area contributed by atoms with E-state index < -0.39 is 0 Å². The Kier molecular flexibility index (Phi) is 4.50. The smallest absolute Gasteiger partial charge is 0.150 e. The zero-order valence-corrected chi connectivity index (χ0v) is 14.2. The molecule has 2 aliphatic rings. The summed E-state index contributed by atoms with van der Waals surface area (Å²) in [6.45, 7) is 0.948. The van der Waals surface area contributed by atoms with E-state index in [0.717, 1.165) is 43.2 Å². The fourth-order valence-corrected chi connectivity index (χ4v) is 4.27. The molecule has 1 saturated heterocycles. The van der Waals surface area contributed by atoms with E-state index in [9.17, 15) is 9.18 Å². The SMILES string of the molecule is O=Cc1ccc(F)cc1C1=CC2CCCC(C1)N2Cc1ccccc1. The molecule has 0 N–H and O–H groups in total. The Labute approximate surface area is 148 Å². The average molecular weight is 335 g/mol. The molecule has 3 heteroatoms. The summed E-state index contributed by atoms with van der Waals surface area (Å²) in [6.07, 6.45) is 7.49. The van der Waals surface area contributed by atoms with E-state index in [0.29, 0.717) is 17.6 Å². The molecule has 0 radical (unpaired) electrons. The van der Waals surface area contributed by atoms with Gasteiger partial charge in [0.25, 0.3) is 0 Å². The van der Waals surface area contributed by atoms with E-state index in [1.807, 2.05) is 6.07 Å². The quantitative estimate of drug-likeness (QED) is 0.745. The first-order valence-electron chi connectivity index (χ1n) is 9.00. The topological polar surface area (TPSA) is 20.3 Å². The molecule has 128 valence electrons. The fraction of sp³-hybridized carbons (Fsp3) is 0.318.